The van der Waals surface area contributed by atoms with Crippen molar-refractivity contribution in [1.29, 1.82) is 0 Å². The van der Waals surface area contributed by atoms with Gasteiger partial charge in [-0.15, -0.1) is 11.3 Å². The Kier molecular flexibility index (Phi) is 6.24. The van der Waals surface area contributed by atoms with Gasteiger partial charge in [-0.2, -0.15) is 5.10 Å². The van der Waals surface area contributed by atoms with Crippen LogP contribution in [0.5, 0.6) is 0 Å². The van der Waals surface area contributed by atoms with E-state index in [0.29, 0.717) is 17.6 Å². The van der Waals surface area contributed by atoms with Crippen LogP contribution in [0.4, 0.5) is 11.4 Å². The minimum Gasteiger partial charge on any atom is -0.325 e. The molecule has 0 bridgehead atoms. The molecule has 1 aromatic carbocycles. The summed E-state index contributed by atoms with van der Waals surface area (Å²) in [6, 6.07) is 7.95. The van der Waals surface area contributed by atoms with Gasteiger partial charge in [0.25, 0.3) is 5.91 Å². The summed E-state index contributed by atoms with van der Waals surface area (Å²) in [6.07, 6.45) is 0.567. The highest BCUT2D eigenvalue weighted by Gasteiger charge is 2.43. The smallest absolute Gasteiger partial charge is 0.269 e. The third-order valence-electron chi connectivity index (χ3n) is 5.33. The zero-order valence-corrected chi connectivity index (χ0v) is 19.8. The van der Waals surface area contributed by atoms with Crippen molar-refractivity contribution in [3.05, 3.63) is 45.6 Å². The lowest BCUT2D eigenvalue weighted by Crippen LogP contribution is -2.58. The molecule has 0 radical (unpaired) electrons. The van der Waals surface area contributed by atoms with Crippen LogP contribution in [-0.2, 0) is 4.79 Å². The Morgan fingerprint density at radius 3 is 2.90 bits per heavy atom. The van der Waals surface area contributed by atoms with Crippen LogP contribution in [0.25, 0.3) is 0 Å². The van der Waals surface area contributed by atoms with Crippen LogP contribution >= 0.6 is 23.1 Å². The highest BCUT2D eigenvalue weighted by atomic mass is 32.2. The summed E-state index contributed by atoms with van der Waals surface area (Å²) in [4.78, 5) is 30.2. The van der Waals surface area contributed by atoms with Crippen LogP contribution in [0.3, 0.4) is 0 Å². The number of thioether (sulfide) groups is 1. The third-order valence-corrected chi connectivity index (χ3v) is 7.17. The second-order valence-electron chi connectivity index (χ2n) is 8.24. The number of benzene rings is 1. The fourth-order valence-corrected chi connectivity index (χ4v) is 5.20. The molecule has 2 aliphatic rings. The largest absolute Gasteiger partial charge is 0.325 e. The molecule has 9 heteroatoms. The Morgan fingerprint density at radius 2 is 2.13 bits per heavy atom. The summed E-state index contributed by atoms with van der Waals surface area (Å²) in [7, 11) is 0. The molecule has 1 unspecified atom stereocenters. The lowest BCUT2D eigenvalue weighted by atomic mass is 10.1. The zero-order valence-electron chi connectivity index (χ0n) is 18.1. The Morgan fingerprint density at radius 1 is 1.32 bits per heavy atom. The van der Waals surface area contributed by atoms with E-state index in [9.17, 15) is 9.59 Å². The van der Waals surface area contributed by atoms with Gasteiger partial charge in [0.1, 0.15) is 4.88 Å². The van der Waals surface area contributed by atoms with E-state index in [1.165, 1.54) is 23.1 Å². The van der Waals surface area contributed by atoms with Gasteiger partial charge in [0.2, 0.25) is 12.2 Å². The third kappa shape index (κ3) is 4.43. The van der Waals surface area contributed by atoms with E-state index >= 15 is 0 Å². The first-order chi connectivity index (χ1) is 14.8. The standard InChI is InChI=1S/C22H27N5O2S2/c1-13(2)7-9-26-20(29)19-17(8-10-30-19)27-21(26)24-25-22(27)31-12-18(28)23-16-11-14(3)5-6-15(16)4/h5-6,8,10-11,13,21,24H,7,9,12H2,1-4H3,(H,23,28). The molecule has 7 nitrogen and oxygen atoms in total. The molecule has 0 aliphatic carbocycles. The van der Waals surface area contributed by atoms with E-state index in [-0.39, 0.29) is 23.9 Å². The van der Waals surface area contributed by atoms with E-state index in [1.54, 1.807) is 0 Å². The fraction of sp³-hybridized carbons (Fsp3) is 0.409. The average molecular weight is 458 g/mol. The number of aryl methyl sites for hydroxylation is 2. The number of rotatable bonds is 6. The van der Waals surface area contributed by atoms with Crippen molar-refractivity contribution in [2.75, 3.05) is 22.5 Å². The summed E-state index contributed by atoms with van der Waals surface area (Å²) in [5.41, 5.74) is 6.92. The molecule has 3 heterocycles. The molecule has 1 atom stereocenters. The number of anilines is 2. The quantitative estimate of drug-likeness (QED) is 0.680. The first kappa shape index (κ1) is 21.7. The van der Waals surface area contributed by atoms with Crippen molar-refractivity contribution in [2.24, 2.45) is 11.0 Å². The number of amidine groups is 1. The molecule has 0 spiro atoms. The van der Waals surface area contributed by atoms with Crippen molar-refractivity contribution >= 4 is 51.5 Å². The van der Waals surface area contributed by atoms with Gasteiger partial charge in [-0.1, -0.05) is 37.7 Å². The lowest BCUT2D eigenvalue weighted by molar-refractivity contribution is -0.113. The molecule has 0 saturated heterocycles. The number of hydrogen-bond donors (Lipinski definition) is 2. The molecule has 4 rings (SSSR count). The minimum absolute atomic E-state index is 0.0357. The molecular formula is C22H27N5O2S2. The predicted molar refractivity (Wildman–Crippen MR) is 129 cm³/mol. The highest BCUT2D eigenvalue weighted by molar-refractivity contribution is 8.14. The SMILES string of the molecule is Cc1ccc(C)c(NC(=O)CSC2=NNC3N(CCC(C)C)C(=O)c4sccc4N23)c1. The Bertz CT molecular complexity index is 1030. The summed E-state index contributed by atoms with van der Waals surface area (Å²) in [6.45, 7) is 8.94. The van der Waals surface area contributed by atoms with E-state index in [0.717, 1.165) is 33.8 Å². The van der Waals surface area contributed by atoms with E-state index < -0.39 is 0 Å². The zero-order chi connectivity index (χ0) is 22.1. The van der Waals surface area contributed by atoms with Gasteiger partial charge >= 0.3 is 0 Å². The molecular weight excluding hydrogens is 430 g/mol. The van der Waals surface area contributed by atoms with Crippen LogP contribution < -0.4 is 15.6 Å². The summed E-state index contributed by atoms with van der Waals surface area (Å²) in [5.74, 6) is 0.681. The number of carbonyl (C=O) groups is 2. The van der Waals surface area contributed by atoms with Gasteiger partial charge in [0, 0.05) is 12.2 Å². The molecule has 0 fully saturated rings. The number of thiophene rings is 1. The second-order valence-corrected chi connectivity index (χ2v) is 10.1. The molecule has 164 valence electrons. The number of amides is 2. The Balaban J connectivity index is 1.46. The van der Waals surface area contributed by atoms with Gasteiger partial charge in [0.15, 0.2) is 5.17 Å². The average Bonchev–Trinajstić information content (AvgIpc) is 3.36. The first-order valence-corrected chi connectivity index (χ1v) is 12.2. The minimum atomic E-state index is -0.349. The number of hydrogen-bond acceptors (Lipinski definition) is 7. The number of nitrogens with one attached hydrogen (secondary N) is 2. The molecule has 2 N–H and O–H groups in total. The van der Waals surface area contributed by atoms with Gasteiger partial charge in [-0.05, 0) is 54.8 Å². The van der Waals surface area contributed by atoms with Crippen molar-refractivity contribution in [1.82, 2.24) is 10.3 Å². The lowest BCUT2D eigenvalue weighted by Gasteiger charge is -2.39. The van der Waals surface area contributed by atoms with Crippen molar-refractivity contribution in [2.45, 2.75) is 40.4 Å². The number of hydrazone groups is 1. The van der Waals surface area contributed by atoms with Crippen LogP contribution in [-0.4, -0.2) is 40.5 Å². The maximum absolute atomic E-state index is 13.0. The number of nitrogens with zero attached hydrogens (tertiary/aromatic N) is 3. The maximum atomic E-state index is 13.0. The second kappa shape index (κ2) is 8.92. The number of carbonyl (C=O) groups excluding carboxylic acids is 2. The van der Waals surface area contributed by atoms with Crippen LogP contribution in [0.2, 0.25) is 0 Å². The van der Waals surface area contributed by atoms with Crippen LogP contribution in [0.1, 0.15) is 41.1 Å². The van der Waals surface area contributed by atoms with Crippen LogP contribution in [0, 0.1) is 19.8 Å². The monoisotopic (exact) mass is 457 g/mol. The fourth-order valence-electron chi connectivity index (χ4n) is 3.58. The number of fused-ring (bicyclic) bond motifs is 3. The van der Waals surface area contributed by atoms with Crippen molar-refractivity contribution in [3.8, 4) is 0 Å². The van der Waals surface area contributed by atoms with E-state index in [2.05, 4.69) is 29.7 Å². The normalized spacial score (nSPS) is 17.4. The summed E-state index contributed by atoms with van der Waals surface area (Å²) < 4.78 is 0. The Labute approximate surface area is 190 Å². The molecule has 0 saturated carbocycles. The topological polar surface area (TPSA) is 77.0 Å². The van der Waals surface area contributed by atoms with Crippen LogP contribution in [0.15, 0.2) is 34.7 Å². The van der Waals surface area contributed by atoms with E-state index in [4.69, 9.17) is 0 Å². The van der Waals surface area contributed by atoms with E-state index in [1.807, 2.05) is 53.3 Å². The predicted octanol–water partition coefficient (Wildman–Crippen LogP) is 4.20. The van der Waals surface area contributed by atoms with Gasteiger partial charge in [0.05, 0.1) is 11.4 Å². The van der Waals surface area contributed by atoms with Crippen molar-refractivity contribution in [3.63, 3.8) is 0 Å². The molecule has 31 heavy (non-hydrogen) atoms. The summed E-state index contributed by atoms with van der Waals surface area (Å²) in [5, 5.41) is 10.1. The molecule has 2 aliphatic heterocycles. The van der Waals surface area contributed by atoms with Gasteiger partial charge in [-0.3, -0.25) is 24.8 Å². The van der Waals surface area contributed by atoms with Crippen molar-refractivity contribution < 1.29 is 9.59 Å². The first-order valence-electron chi connectivity index (χ1n) is 10.4. The Hall–Kier alpha value is -2.52. The molecule has 2 amide bonds. The highest BCUT2D eigenvalue weighted by Crippen LogP contribution is 2.38. The summed E-state index contributed by atoms with van der Waals surface area (Å²) >= 11 is 2.82. The maximum Gasteiger partial charge on any atom is 0.269 e. The van der Waals surface area contributed by atoms with Gasteiger partial charge < -0.3 is 5.32 Å². The molecule has 2 aromatic rings. The van der Waals surface area contributed by atoms with Gasteiger partial charge in [-0.25, -0.2) is 0 Å². The molecule has 1 aromatic heterocycles.